The summed E-state index contributed by atoms with van der Waals surface area (Å²) in [4.78, 5) is 26.7. The fourth-order valence-corrected chi connectivity index (χ4v) is 11.9. The summed E-state index contributed by atoms with van der Waals surface area (Å²) in [5.41, 5.74) is 0. The number of unbranched alkanes of at least 4 members (excludes halogenated alkanes) is 44. The van der Waals surface area contributed by atoms with Gasteiger partial charge in [0.2, 0.25) is 5.91 Å². The first kappa shape index (κ1) is 84.4. The number of ether oxygens (including phenoxy) is 3. The number of esters is 1. The Bertz CT molecular complexity index is 1680. The molecule has 0 saturated carbocycles. The van der Waals surface area contributed by atoms with Gasteiger partial charge in [-0.15, -0.1) is 0 Å². The highest BCUT2D eigenvalue weighted by Crippen LogP contribution is 2.27. The molecule has 89 heavy (non-hydrogen) atoms. The van der Waals surface area contributed by atoms with Crippen molar-refractivity contribution in [3.05, 3.63) is 60.8 Å². The summed E-state index contributed by atoms with van der Waals surface area (Å²) in [6, 6.07) is -1.02. The van der Waals surface area contributed by atoms with Crippen LogP contribution in [0.5, 0.6) is 0 Å². The quantitative estimate of drug-likeness (QED) is 0.0195. The van der Waals surface area contributed by atoms with Crippen LogP contribution in [-0.4, -0.2) is 99.6 Å². The van der Waals surface area contributed by atoms with Gasteiger partial charge in [-0.05, 0) is 89.9 Å². The first-order valence-electron chi connectivity index (χ1n) is 38.1. The summed E-state index contributed by atoms with van der Waals surface area (Å²) in [5.74, 6) is -1.18. The Morgan fingerprint density at radius 2 is 0.775 bits per heavy atom. The monoisotopic (exact) mass is 1250 g/mol. The molecular formula is C78H143NO10. The lowest BCUT2D eigenvalue weighted by Crippen LogP contribution is -2.61. The Hall–Kier alpha value is -2.64. The van der Waals surface area contributed by atoms with Crippen LogP contribution in [0, 0.1) is 0 Å². The summed E-state index contributed by atoms with van der Waals surface area (Å²) in [7, 11) is 0. The molecule has 0 aliphatic carbocycles. The van der Waals surface area contributed by atoms with Gasteiger partial charge in [0.05, 0.1) is 25.4 Å². The van der Waals surface area contributed by atoms with Crippen molar-refractivity contribution in [3.63, 3.8) is 0 Å². The van der Waals surface area contributed by atoms with Crippen LogP contribution in [-0.2, 0) is 23.8 Å². The number of hydrogen-bond donors (Lipinski definition) is 6. The predicted molar refractivity (Wildman–Crippen MR) is 375 cm³/mol. The average Bonchev–Trinajstić information content (AvgIpc) is 2.45. The Morgan fingerprint density at radius 1 is 0.438 bits per heavy atom. The molecule has 8 atom stereocenters. The smallest absolute Gasteiger partial charge is 0.306 e. The van der Waals surface area contributed by atoms with Gasteiger partial charge < -0.3 is 45.1 Å². The van der Waals surface area contributed by atoms with E-state index in [-0.39, 0.29) is 13.0 Å². The third-order valence-corrected chi connectivity index (χ3v) is 17.9. The molecule has 11 nitrogen and oxygen atoms in total. The number of amides is 1. The molecule has 1 rings (SSSR count). The minimum Gasteiger partial charge on any atom is -0.454 e. The third-order valence-electron chi connectivity index (χ3n) is 17.9. The highest BCUT2D eigenvalue weighted by Gasteiger charge is 2.47. The van der Waals surface area contributed by atoms with Crippen LogP contribution in [0.1, 0.15) is 361 Å². The first-order chi connectivity index (χ1) is 43.7. The van der Waals surface area contributed by atoms with Crippen molar-refractivity contribution in [3.8, 4) is 0 Å². The minimum absolute atomic E-state index is 0.124. The molecule has 6 N–H and O–H groups in total. The molecule has 1 amide bonds. The zero-order valence-electron chi connectivity index (χ0n) is 58.1. The molecule has 1 saturated heterocycles. The number of aliphatic hydroxyl groups is 5. The van der Waals surface area contributed by atoms with Crippen molar-refractivity contribution in [2.75, 3.05) is 13.2 Å². The van der Waals surface area contributed by atoms with Crippen molar-refractivity contribution in [2.24, 2.45) is 0 Å². The van der Waals surface area contributed by atoms with Gasteiger partial charge in [0.15, 0.2) is 12.4 Å². The number of allylic oxidation sites excluding steroid dienone is 9. The molecule has 0 bridgehead atoms. The zero-order chi connectivity index (χ0) is 64.6. The maximum absolute atomic E-state index is 13.5. The zero-order valence-corrected chi connectivity index (χ0v) is 58.1. The lowest BCUT2D eigenvalue weighted by Gasteiger charge is -2.41. The molecule has 0 aromatic carbocycles. The maximum Gasteiger partial charge on any atom is 0.306 e. The summed E-state index contributed by atoms with van der Waals surface area (Å²) < 4.78 is 17.7. The Kier molecular flexibility index (Phi) is 62.0. The number of carbonyl (C=O) groups excluding carboxylic acids is 2. The highest BCUT2D eigenvalue weighted by atomic mass is 16.7. The van der Waals surface area contributed by atoms with E-state index in [0.717, 1.165) is 70.6 Å². The molecule has 11 heteroatoms. The van der Waals surface area contributed by atoms with Gasteiger partial charge in [-0.25, -0.2) is 0 Å². The van der Waals surface area contributed by atoms with Crippen LogP contribution in [0.4, 0.5) is 0 Å². The van der Waals surface area contributed by atoms with E-state index in [1.807, 2.05) is 6.08 Å². The molecular weight excluding hydrogens is 1110 g/mol. The van der Waals surface area contributed by atoms with Gasteiger partial charge in [-0.1, -0.05) is 326 Å². The van der Waals surface area contributed by atoms with Crippen LogP contribution in [0.2, 0.25) is 0 Å². The van der Waals surface area contributed by atoms with Gasteiger partial charge in [-0.2, -0.15) is 0 Å². The normalized spacial score (nSPS) is 18.4. The lowest BCUT2D eigenvalue weighted by molar-refractivity contribution is -0.305. The fourth-order valence-electron chi connectivity index (χ4n) is 11.9. The van der Waals surface area contributed by atoms with Gasteiger partial charge in [0.25, 0.3) is 0 Å². The van der Waals surface area contributed by atoms with Crippen molar-refractivity contribution in [1.82, 2.24) is 5.32 Å². The molecule has 8 unspecified atom stereocenters. The summed E-state index contributed by atoms with van der Waals surface area (Å²) in [5, 5.41) is 57.3. The van der Waals surface area contributed by atoms with Crippen LogP contribution < -0.4 is 5.32 Å². The minimum atomic E-state index is -1.61. The van der Waals surface area contributed by atoms with E-state index < -0.39 is 67.4 Å². The lowest BCUT2D eigenvalue weighted by atomic mass is 9.99. The predicted octanol–water partition coefficient (Wildman–Crippen LogP) is 20.1. The highest BCUT2D eigenvalue weighted by molar-refractivity contribution is 5.80. The van der Waals surface area contributed by atoms with E-state index in [0.29, 0.717) is 19.3 Å². The Morgan fingerprint density at radius 3 is 1.17 bits per heavy atom. The molecule has 1 heterocycles. The number of carbonyl (C=O) groups is 2. The van der Waals surface area contributed by atoms with Crippen molar-refractivity contribution < 1.29 is 49.3 Å². The van der Waals surface area contributed by atoms with Crippen LogP contribution in [0.25, 0.3) is 0 Å². The number of aliphatic hydroxyl groups excluding tert-OH is 5. The molecule has 520 valence electrons. The molecule has 0 radical (unpaired) electrons. The second kappa shape index (κ2) is 65.4. The van der Waals surface area contributed by atoms with Crippen molar-refractivity contribution >= 4 is 11.9 Å². The molecule has 1 fully saturated rings. The summed E-state index contributed by atoms with van der Waals surface area (Å²) >= 11 is 0. The average molecular weight is 1250 g/mol. The van der Waals surface area contributed by atoms with Crippen LogP contribution in [0.3, 0.4) is 0 Å². The first-order valence-corrected chi connectivity index (χ1v) is 38.1. The van der Waals surface area contributed by atoms with Crippen molar-refractivity contribution in [1.29, 1.82) is 0 Å². The van der Waals surface area contributed by atoms with Crippen LogP contribution in [0.15, 0.2) is 60.8 Å². The van der Waals surface area contributed by atoms with Gasteiger partial charge in [0, 0.05) is 6.42 Å². The Balaban J connectivity index is 2.49. The van der Waals surface area contributed by atoms with E-state index in [1.165, 1.54) is 244 Å². The van der Waals surface area contributed by atoms with Crippen molar-refractivity contribution in [2.45, 2.75) is 410 Å². The largest absolute Gasteiger partial charge is 0.454 e. The molecule has 0 aromatic rings. The number of rotatable bonds is 66. The van der Waals surface area contributed by atoms with E-state index >= 15 is 0 Å². The summed E-state index contributed by atoms with van der Waals surface area (Å²) in [6.45, 7) is 5.79. The second-order valence-corrected chi connectivity index (χ2v) is 26.4. The number of hydrogen-bond acceptors (Lipinski definition) is 10. The standard InChI is InChI=1S/C78H143NO10/c1-4-7-10-13-16-19-22-24-26-28-30-32-34-35-36-38-39-41-43-45-47-50-53-56-59-62-65-71(82)77(86)79-69(70(81)64-61-58-55-52-49-21-18-15-12-9-6-3)68-87-78-76(75(85)74(84)72(67-80)88-78)89-73(83)66-63-60-57-54-51-48-46-44-42-40-37-33-31-29-27-25-23-20-17-14-11-8-5-2/h16-17,19-20,24-27,61,64,69-72,74-76,78,80-82,84-85H,4-15,18,21-23,28-60,62-63,65-68H2,1-3H3,(H,79,86)/b19-16-,20-17-,26-24-,27-25-,64-61+. The maximum atomic E-state index is 13.5. The SMILES string of the molecule is CCCCC/C=C\C/C=C\CCCCCCCCCCCCCCCCCCC(O)C(=O)NC(COC1OC(CO)C(O)C(O)C1OC(=O)CCCCCCCCCCCCCCC/C=C\C/C=C\CCCCC)C(O)/C=C/CCCCCCCCCCC. The van der Waals surface area contributed by atoms with E-state index in [9.17, 15) is 35.1 Å². The topological polar surface area (TPSA) is 175 Å². The van der Waals surface area contributed by atoms with Gasteiger partial charge in [0.1, 0.15) is 24.4 Å². The second-order valence-electron chi connectivity index (χ2n) is 26.4. The van der Waals surface area contributed by atoms with E-state index in [1.54, 1.807) is 6.08 Å². The summed E-state index contributed by atoms with van der Waals surface area (Å²) in [6.07, 6.45) is 74.2. The van der Waals surface area contributed by atoms with Crippen LogP contribution >= 0.6 is 0 Å². The number of nitrogens with one attached hydrogen (secondary N) is 1. The fraction of sp³-hybridized carbons (Fsp3) is 0.846. The Labute approximate surface area is 548 Å². The third kappa shape index (κ3) is 52.4. The van der Waals surface area contributed by atoms with E-state index in [4.69, 9.17) is 14.2 Å². The molecule has 1 aliphatic heterocycles. The molecule has 0 aromatic heterocycles. The molecule has 1 aliphatic rings. The van der Waals surface area contributed by atoms with Gasteiger partial charge in [-0.3, -0.25) is 9.59 Å². The van der Waals surface area contributed by atoms with E-state index in [2.05, 4.69) is 74.7 Å². The van der Waals surface area contributed by atoms with Gasteiger partial charge >= 0.3 is 5.97 Å². The molecule has 0 spiro atoms.